The van der Waals surface area contributed by atoms with Crippen molar-refractivity contribution < 1.29 is 4.74 Å². The van der Waals surface area contributed by atoms with Gasteiger partial charge in [0.2, 0.25) is 0 Å². The Bertz CT molecular complexity index is 373. The molecule has 3 nitrogen and oxygen atoms in total. The normalized spacial score (nSPS) is 14.8. The lowest BCUT2D eigenvalue weighted by molar-refractivity contribution is 0.199. The van der Waals surface area contributed by atoms with Gasteiger partial charge in [-0.15, -0.1) is 0 Å². The number of nitrogens with one attached hydrogen (secondary N) is 1. The Morgan fingerprint density at radius 1 is 1.20 bits per heavy atom. The average molecular weight is 276 g/mol. The van der Waals surface area contributed by atoms with E-state index in [0.29, 0.717) is 0 Å². The fourth-order valence-corrected chi connectivity index (χ4v) is 2.47. The first-order valence-electron chi connectivity index (χ1n) is 7.94. The minimum atomic E-state index is 0.797. The third kappa shape index (κ3) is 5.14. The van der Waals surface area contributed by atoms with Crippen LogP contribution in [0.4, 0.5) is 0 Å². The Balaban J connectivity index is 1.70. The molecule has 3 heteroatoms. The molecule has 0 bridgehead atoms. The molecule has 20 heavy (non-hydrogen) atoms. The molecule has 0 spiro atoms. The van der Waals surface area contributed by atoms with Crippen molar-refractivity contribution >= 4 is 0 Å². The number of ether oxygens (including phenoxy) is 1. The van der Waals surface area contributed by atoms with Crippen molar-refractivity contribution in [1.29, 1.82) is 0 Å². The lowest BCUT2D eigenvalue weighted by Crippen LogP contribution is -2.31. The molecule has 1 aliphatic rings. The van der Waals surface area contributed by atoms with Crippen molar-refractivity contribution in [3.05, 3.63) is 29.8 Å². The standard InChI is InChI=1S/C17H28N2O/c1-3-4-11-19(16-7-8-16)12-13-20-17-9-5-15(6-10-17)14-18-2/h5-6,9-10,16,18H,3-4,7-8,11-14H2,1-2H3. The zero-order valence-corrected chi connectivity index (χ0v) is 12.9. The van der Waals surface area contributed by atoms with Crippen LogP contribution in [0.2, 0.25) is 0 Å². The summed E-state index contributed by atoms with van der Waals surface area (Å²) in [5.74, 6) is 0.982. The van der Waals surface area contributed by atoms with Gasteiger partial charge in [0.25, 0.3) is 0 Å². The lowest BCUT2D eigenvalue weighted by atomic mass is 10.2. The van der Waals surface area contributed by atoms with Crippen LogP contribution >= 0.6 is 0 Å². The number of unbranched alkanes of at least 4 members (excludes halogenated alkanes) is 1. The van der Waals surface area contributed by atoms with E-state index in [2.05, 4.69) is 41.4 Å². The molecule has 0 aliphatic heterocycles. The molecule has 0 aromatic heterocycles. The molecule has 0 amide bonds. The topological polar surface area (TPSA) is 24.5 Å². The summed E-state index contributed by atoms with van der Waals surface area (Å²) in [5, 5.41) is 3.15. The van der Waals surface area contributed by atoms with E-state index in [-0.39, 0.29) is 0 Å². The predicted molar refractivity (Wildman–Crippen MR) is 84.2 cm³/mol. The number of hydrogen-bond donors (Lipinski definition) is 1. The second kappa shape index (κ2) is 8.28. The first-order valence-corrected chi connectivity index (χ1v) is 7.94. The molecule has 0 atom stereocenters. The van der Waals surface area contributed by atoms with E-state index in [1.807, 2.05) is 7.05 Å². The molecule has 1 aliphatic carbocycles. The van der Waals surface area contributed by atoms with E-state index in [0.717, 1.165) is 31.5 Å². The van der Waals surface area contributed by atoms with Gasteiger partial charge in [-0.1, -0.05) is 25.5 Å². The summed E-state index contributed by atoms with van der Waals surface area (Å²) in [4.78, 5) is 2.60. The zero-order valence-electron chi connectivity index (χ0n) is 12.9. The Kier molecular flexibility index (Phi) is 6.34. The third-order valence-corrected chi connectivity index (χ3v) is 3.81. The van der Waals surface area contributed by atoms with Crippen LogP contribution in [0.15, 0.2) is 24.3 Å². The lowest BCUT2D eigenvalue weighted by Gasteiger charge is -2.21. The van der Waals surface area contributed by atoms with Crippen LogP contribution in [0.25, 0.3) is 0 Å². The molecular weight excluding hydrogens is 248 g/mol. The Morgan fingerprint density at radius 3 is 2.55 bits per heavy atom. The fourth-order valence-electron chi connectivity index (χ4n) is 2.47. The molecular formula is C17H28N2O. The maximum absolute atomic E-state index is 5.87. The summed E-state index contributed by atoms with van der Waals surface area (Å²) in [6.45, 7) is 6.25. The largest absolute Gasteiger partial charge is 0.492 e. The smallest absolute Gasteiger partial charge is 0.119 e. The SMILES string of the molecule is CCCCN(CCOc1ccc(CNC)cc1)C1CC1. The maximum Gasteiger partial charge on any atom is 0.119 e. The van der Waals surface area contributed by atoms with Gasteiger partial charge in [-0.05, 0) is 50.6 Å². The molecule has 0 saturated heterocycles. The third-order valence-electron chi connectivity index (χ3n) is 3.81. The molecule has 1 saturated carbocycles. The van der Waals surface area contributed by atoms with E-state index in [1.54, 1.807) is 0 Å². The molecule has 0 heterocycles. The van der Waals surface area contributed by atoms with Gasteiger partial charge in [-0.25, -0.2) is 0 Å². The highest BCUT2D eigenvalue weighted by Crippen LogP contribution is 2.26. The Hall–Kier alpha value is -1.06. The van der Waals surface area contributed by atoms with E-state index < -0.39 is 0 Å². The van der Waals surface area contributed by atoms with Crippen LogP contribution in [0.3, 0.4) is 0 Å². The first kappa shape index (κ1) is 15.3. The monoisotopic (exact) mass is 276 g/mol. The first-order chi connectivity index (χ1) is 9.83. The van der Waals surface area contributed by atoms with E-state index in [9.17, 15) is 0 Å². The summed E-state index contributed by atoms with van der Waals surface area (Å²) in [5.41, 5.74) is 1.29. The summed E-state index contributed by atoms with van der Waals surface area (Å²) < 4.78 is 5.87. The minimum absolute atomic E-state index is 0.797. The van der Waals surface area contributed by atoms with Crippen LogP contribution < -0.4 is 10.1 Å². The van der Waals surface area contributed by atoms with Crippen molar-refractivity contribution in [2.24, 2.45) is 0 Å². The molecule has 1 N–H and O–H groups in total. The van der Waals surface area contributed by atoms with E-state index in [1.165, 1.54) is 37.8 Å². The quantitative estimate of drug-likeness (QED) is 0.711. The van der Waals surface area contributed by atoms with E-state index >= 15 is 0 Å². The van der Waals surface area contributed by atoms with Gasteiger partial charge in [-0.2, -0.15) is 0 Å². The van der Waals surface area contributed by atoms with Gasteiger partial charge >= 0.3 is 0 Å². The van der Waals surface area contributed by atoms with Gasteiger partial charge < -0.3 is 10.1 Å². The number of nitrogens with zero attached hydrogens (tertiary/aromatic N) is 1. The summed E-state index contributed by atoms with van der Waals surface area (Å²) >= 11 is 0. The predicted octanol–water partition coefficient (Wildman–Crippen LogP) is 3.05. The Labute approximate surface area is 123 Å². The van der Waals surface area contributed by atoms with Crippen molar-refractivity contribution in [3.63, 3.8) is 0 Å². The van der Waals surface area contributed by atoms with Gasteiger partial charge in [-0.3, -0.25) is 4.90 Å². The average Bonchev–Trinajstić information content (AvgIpc) is 3.29. The number of rotatable bonds is 10. The van der Waals surface area contributed by atoms with Gasteiger partial charge in [0.05, 0.1) is 0 Å². The second-order valence-electron chi connectivity index (χ2n) is 5.64. The van der Waals surface area contributed by atoms with Gasteiger partial charge in [0.1, 0.15) is 12.4 Å². The van der Waals surface area contributed by atoms with Crippen molar-refractivity contribution in [2.75, 3.05) is 26.7 Å². The fraction of sp³-hybridized carbons (Fsp3) is 0.647. The van der Waals surface area contributed by atoms with Crippen molar-refractivity contribution in [1.82, 2.24) is 10.2 Å². The van der Waals surface area contributed by atoms with Crippen LogP contribution in [0.5, 0.6) is 5.75 Å². The summed E-state index contributed by atoms with van der Waals surface area (Å²) in [7, 11) is 1.97. The van der Waals surface area contributed by atoms with Crippen LogP contribution in [-0.2, 0) is 6.54 Å². The van der Waals surface area contributed by atoms with Crippen molar-refractivity contribution in [3.8, 4) is 5.75 Å². The van der Waals surface area contributed by atoms with Crippen molar-refractivity contribution in [2.45, 2.75) is 45.2 Å². The molecule has 112 valence electrons. The highest BCUT2D eigenvalue weighted by Gasteiger charge is 2.27. The molecule has 1 fully saturated rings. The second-order valence-corrected chi connectivity index (χ2v) is 5.64. The molecule has 0 radical (unpaired) electrons. The van der Waals surface area contributed by atoms with Gasteiger partial charge in [0, 0.05) is 19.1 Å². The Morgan fingerprint density at radius 2 is 1.95 bits per heavy atom. The van der Waals surface area contributed by atoms with Gasteiger partial charge in [0.15, 0.2) is 0 Å². The highest BCUT2D eigenvalue weighted by molar-refractivity contribution is 5.27. The highest BCUT2D eigenvalue weighted by atomic mass is 16.5. The van der Waals surface area contributed by atoms with E-state index in [4.69, 9.17) is 4.74 Å². The van der Waals surface area contributed by atoms with Crippen LogP contribution in [0.1, 0.15) is 38.2 Å². The molecule has 1 aromatic rings. The number of hydrogen-bond acceptors (Lipinski definition) is 3. The maximum atomic E-state index is 5.87. The van der Waals surface area contributed by atoms with Crippen LogP contribution in [-0.4, -0.2) is 37.7 Å². The molecule has 2 rings (SSSR count). The summed E-state index contributed by atoms with van der Waals surface area (Å²) in [6, 6.07) is 9.23. The molecule has 1 aromatic carbocycles. The zero-order chi connectivity index (χ0) is 14.2. The number of benzene rings is 1. The summed E-state index contributed by atoms with van der Waals surface area (Å²) in [6.07, 6.45) is 5.33. The minimum Gasteiger partial charge on any atom is -0.492 e. The van der Waals surface area contributed by atoms with Crippen LogP contribution in [0, 0.1) is 0 Å². The molecule has 0 unspecified atom stereocenters.